The maximum absolute atomic E-state index is 11.6. The Morgan fingerprint density at radius 1 is 1.33 bits per heavy atom. The van der Waals surface area contributed by atoms with Crippen LogP contribution in [0.2, 0.25) is 0 Å². The first-order valence-corrected chi connectivity index (χ1v) is 7.01. The number of para-hydroxylation sites is 1. The molecule has 2 rings (SSSR count). The maximum atomic E-state index is 11.6. The molecular formula is C16H19NO4. The number of hydrogen-bond donors (Lipinski definition) is 0. The minimum Gasteiger partial charge on any atom is -0.466 e. The summed E-state index contributed by atoms with van der Waals surface area (Å²) in [5, 5.41) is 0.894. The third-order valence-electron chi connectivity index (χ3n) is 3.23. The van der Waals surface area contributed by atoms with E-state index < -0.39 is 0 Å². The molecule has 0 unspecified atom stereocenters. The predicted octanol–water partition coefficient (Wildman–Crippen LogP) is 2.57. The molecule has 5 nitrogen and oxygen atoms in total. The van der Waals surface area contributed by atoms with Gasteiger partial charge in [0.1, 0.15) is 5.58 Å². The fourth-order valence-corrected chi connectivity index (χ4v) is 2.12. The van der Waals surface area contributed by atoms with E-state index >= 15 is 0 Å². The zero-order valence-corrected chi connectivity index (χ0v) is 12.3. The van der Waals surface area contributed by atoms with Gasteiger partial charge in [-0.2, -0.15) is 0 Å². The van der Waals surface area contributed by atoms with E-state index in [1.54, 1.807) is 13.0 Å². The minimum absolute atomic E-state index is 0.191. The molecule has 0 aliphatic carbocycles. The lowest BCUT2D eigenvalue weighted by Crippen LogP contribution is -2.22. The van der Waals surface area contributed by atoms with Gasteiger partial charge in [0.15, 0.2) is 0 Å². The predicted molar refractivity (Wildman–Crippen MR) is 81.6 cm³/mol. The van der Waals surface area contributed by atoms with Gasteiger partial charge in [0.25, 0.3) is 0 Å². The molecule has 0 bridgehead atoms. The highest BCUT2D eigenvalue weighted by Gasteiger charge is 2.09. The normalized spacial score (nSPS) is 10.6. The average molecular weight is 289 g/mol. The van der Waals surface area contributed by atoms with Crippen molar-refractivity contribution >= 4 is 22.6 Å². The number of fused-ring (bicyclic) bond motifs is 1. The van der Waals surface area contributed by atoms with E-state index in [0.29, 0.717) is 31.6 Å². The fourth-order valence-electron chi connectivity index (χ4n) is 2.12. The van der Waals surface area contributed by atoms with Crippen LogP contribution in [0.5, 0.6) is 0 Å². The molecular weight excluding hydrogens is 270 g/mol. The van der Waals surface area contributed by atoms with Crippen molar-refractivity contribution in [2.45, 2.75) is 19.8 Å². The molecule has 0 saturated heterocycles. The molecule has 0 N–H and O–H groups in total. The van der Waals surface area contributed by atoms with E-state index in [1.807, 2.05) is 30.1 Å². The number of rotatable bonds is 6. The number of ether oxygens (including phenoxy) is 1. The zero-order chi connectivity index (χ0) is 15.2. The van der Waals surface area contributed by atoms with Crippen molar-refractivity contribution in [3.63, 3.8) is 0 Å². The Morgan fingerprint density at radius 3 is 2.86 bits per heavy atom. The average Bonchev–Trinajstić information content (AvgIpc) is 2.50. The fraction of sp³-hybridized carbons (Fsp3) is 0.375. The SMILES string of the molecule is CCC(=O)OCCCN(C)c1cc(=O)oc2ccccc12. The first-order chi connectivity index (χ1) is 10.1. The van der Waals surface area contributed by atoms with Gasteiger partial charge in [-0.15, -0.1) is 0 Å². The van der Waals surface area contributed by atoms with Gasteiger partial charge >= 0.3 is 11.6 Å². The lowest BCUT2D eigenvalue weighted by atomic mass is 10.2. The molecule has 21 heavy (non-hydrogen) atoms. The van der Waals surface area contributed by atoms with Crippen molar-refractivity contribution in [2.75, 3.05) is 25.1 Å². The van der Waals surface area contributed by atoms with Crippen LogP contribution in [-0.4, -0.2) is 26.2 Å². The second-order valence-corrected chi connectivity index (χ2v) is 4.80. The van der Waals surface area contributed by atoms with Gasteiger partial charge in [-0.05, 0) is 18.6 Å². The lowest BCUT2D eigenvalue weighted by Gasteiger charge is -2.20. The Kier molecular flexibility index (Phi) is 4.98. The molecule has 0 fully saturated rings. The van der Waals surface area contributed by atoms with Crippen LogP contribution in [-0.2, 0) is 9.53 Å². The summed E-state index contributed by atoms with van der Waals surface area (Å²) in [4.78, 5) is 24.6. The number of nitrogens with zero attached hydrogens (tertiary/aromatic N) is 1. The van der Waals surface area contributed by atoms with Gasteiger partial charge in [-0.1, -0.05) is 19.1 Å². The van der Waals surface area contributed by atoms with E-state index in [2.05, 4.69) is 0 Å². The van der Waals surface area contributed by atoms with Crippen molar-refractivity contribution in [3.05, 3.63) is 40.8 Å². The summed E-state index contributed by atoms with van der Waals surface area (Å²) in [6, 6.07) is 8.92. The van der Waals surface area contributed by atoms with E-state index in [4.69, 9.17) is 9.15 Å². The molecule has 0 aliphatic rings. The molecule has 0 saturated carbocycles. The van der Waals surface area contributed by atoms with Gasteiger partial charge in [0.05, 0.1) is 12.3 Å². The van der Waals surface area contributed by atoms with E-state index in [-0.39, 0.29) is 11.6 Å². The van der Waals surface area contributed by atoms with Crippen LogP contribution in [0.4, 0.5) is 5.69 Å². The van der Waals surface area contributed by atoms with Crippen LogP contribution in [0.3, 0.4) is 0 Å². The minimum atomic E-state index is -0.368. The monoisotopic (exact) mass is 289 g/mol. The van der Waals surface area contributed by atoms with Crippen LogP contribution < -0.4 is 10.5 Å². The number of carbonyl (C=O) groups excluding carboxylic acids is 1. The molecule has 0 atom stereocenters. The third kappa shape index (κ3) is 3.84. The number of esters is 1. The summed E-state index contributed by atoms with van der Waals surface area (Å²) in [5.74, 6) is -0.191. The van der Waals surface area contributed by atoms with E-state index in [1.165, 1.54) is 6.07 Å². The molecule has 2 aromatic rings. The van der Waals surface area contributed by atoms with Crippen LogP contribution >= 0.6 is 0 Å². The topological polar surface area (TPSA) is 59.8 Å². The summed E-state index contributed by atoms with van der Waals surface area (Å²) in [6.07, 6.45) is 1.09. The zero-order valence-electron chi connectivity index (χ0n) is 12.3. The Bertz CT molecular complexity index is 677. The molecule has 0 amide bonds. The standard InChI is InChI=1S/C16H19NO4/c1-3-15(18)20-10-6-9-17(2)13-11-16(19)21-14-8-5-4-7-12(13)14/h4-5,7-8,11H,3,6,9-10H2,1-2H3. The number of hydrogen-bond acceptors (Lipinski definition) is 5. The second kappa shape index (κ2) is 6.92. The van der Waals surface area contributed by atoms with Crippen LogP contribution in [0.1, 0.15) is 19.8 Å². The lowest BCUT2D eigenvalue weighted by molar-refractivity contribution is -0.143. The highest BCUT2D eigenvalue weighted by atomic mass is 16.5. The second-order valence-electron chi connectivity index (χ2n) is 4.80. The van der Waals surface area contributed by atoms with E-state index in [0.717, 1.165) is 11.1 Å². The smallest absolute Gasteiger partial charge is 0.338 e. The number of anilines is 1. The van der Waals surface area contributed by atoms with Gasteiger partial charge in [-0.25, -0.2) is 4.79 Å². The van der Waals surface area contributed by atoms with Gasteiger partial charge in [0, 0.05) is 31.5 Å². The highest BCUT2D eigenvalue weighted by molar-refractivity contribution is 5.89. The van der Waals surface area contributed by atoms with E-state index in [9.17, 15) is 9.59 Å². The molecule has 0 aliphatic heterocycles. The number of benzene rings is 1. The summed E-state index contributed by atoms with van der Waals surface area (Å²) in [5.41, 5.74) is 1.03. The quantitative estimate of drug-likeness (QED) is 0.465. The highest BCUT2D eigenvalue weighted by Crippen LogP contribution is 2.23. The first kappa shape index (κ1) is 15.1. The van der Waals surface area contributed by atoms with Gasteiger partial charge in [0.2, 0.25) is 0 Å². The van der Waals surface area contributed by atoms with Crippen molar-refractivity contribution in [1.29, 1.82) is 0 Å². The Morgan fingerprint density at radius 2 is 2.10 bits per heavy atom. The molecule has 0 radical (unpaired) electrons. The molecule has 1 heterocycles. The molecule has 0 spiro atoms. The summed E-state index contributed by atoms with van der Waals surface area (Å²) in [7, 11) is 1.91. The molecule has 1 aromatic heterocycles. The van der Waals surface area contributed by atoms with Crippen LogP contribution in [0.15, 0.2) is 39.5 Å². The molecule has 5 heteroatoms. The molecule has 112 valence electrons. The van der Waals surface area contributed by atoms with Gasteiger partial charge in [-0.3, -0.25) is 4.79 Å². The van der Waals surface area contributed by atoms with Crippen molar-refractivity contribution in [2.24, 2.45) is 0 Å². The first-order valence-electron chi connectivity index (χ1n) is 7.01. The van der Waals surface area contributed by atoms with Gasteiger partial charge < -0.3 is 14.1 Å². The van der Waals surface area contributed by atoms with Crippen molar-refractivity contribution in [1.82, 2.24) is 0 Å². The largest absolute Gasteiger partial charge is 0.466 e. The third-order valence-corrected chi connectivity index (χ3v) is 3.23. The van der Waals surface area contributed by atoms with Crippen LogP contribution in [0, 0.1) is 0 Å². The number of carbonyl (C=O) groups is 1. The maximum Gasteiger partial charge on any atom is 0.338 e. The van der Waals surface area contributed by atoms with Crippen LogP contribution in [0.25, 0.3) is 11.0 Å². The Balaban J connectivity index is 2.07. The molecule has 1 aromatic carbocycles. The van der Waals surface area contributed by atoms with Crippen molar-refractivity contribution < 1.29 is 13.9 Å². The van der Waals surface area contributed by atoms with Crippen molar-refractivity contribution in [3.8, 4) is 0 Å². The Labute approximate surface area is 123 Å². The summed E-state index contributed by atoms with van der Waals surface area (Å²) >= 11 is 0. The summed E-state index contributed by atoms with van der Waals surface area (Å²) < 4.78 is 10.2. The summed E-state index contributed by atoms with van der Waals surface area (Å²) in [6.45, 7) is 2.84. The Hall–Kier alpha value is -2.30.